The first-order valence-electron chi connectivity index (χ1n) is 9.82. The molecule has 3 aromatic carbocycles. The lowest BCUT2D eigenvalue weighted by Gasteiger charge is -2.12. The second-order valence-corrected chi connectivity index (χ2v) is 7.02. The summed E-state index contributed by atoms with van der Waals surface area (Å²) in [6.07, 6.45) is 10.5. The van der Waals surface area contributed by atoms with Gasteiger partial charge in [0, 0.05) is 11.8 Å². The Morgan fingerprint density at radius 2 is 1.10 bits per heavy atom. The molecule has 1 nitrogen and oxygen atoms in total. The molecular weight excluding hydrogens is 350 g/mol. The molecule has 0 unspecified atom stereocenters. The number of hydrogen-bond donors (Lipinski definition) is 0. The average molecular weight is 373 g/mol. The van der Waals surface area contributed by atoms with Crippen LogP contribution in [0.1, 0.15) is 27.8 Å². The minimum Gasteiger partial charge on any atom is -0.256 e. The zero-order valence-electron chi connectivity index (χ0n) is 16.5. The third-order valence-corrected chi connectivity index (χ3v) is 4.77. The predicted octanol–water partition coefficient (Wildman–Crippen LogP) is 7.40. The Bertz CT molecular complexity index is 1050. The van der Waals surface area contributed by atoms with Gasteiger partial charge < -0.3 is 0 Å². The van der Waals surface area contributed by atoms with Gasteiger partial charge in [0.2, 0.25) is 0 Å². The van der Waals surface area contributed by atoms with Crippen molar-refractivity contribution in [1.29, 1.82) is 0 Å². The Hall–Kier alpha value is -3.71. The second-order valence-electron chi connectivity index (χ2n) is 7.02. The van der Waals surface area contributed by atoms with Crippen molar-refractivity contribution in [2.45, 2.75) is 6.92 Å². The molecule has 0 spiro atoms. The van der Waals surface area contributed by atoms with Crippen LogP contribution < -0.4 is 0 Å². The molecule has 0 saturated carbocycles. The SMILES string of the molecule is Cc1cc(/C=C/c2ccccc2)c(-c2ccccn2)c(/C=C/c2ccccc2)c1. The third kappa shape index (κ3) is 4.77. The van der Waals surface area contributed by atoms with Crippen molar-refractivity contribution < 1.29 is 0 Å². The van der Waals surface area contributed by atoms with E-state index >= 15 is 0 Å². The van der Waals surface area contributed by atoms with Crippen molar-refractivity contribution in [3.05, 3.63) is 125 Å². The van der Waals surface area contributed by atoms with E-state index in [-0.39, 0.29) is 0 Å². The van der Waals surface area contributed by atoms with Crippen molar-refractivity contribution >= 4 is 24.3 Å². The Kier molecular flexibility index (Phi) is 5.78. The molecule has 0 N–H and O–H groups in total. The van der Waals surface area contributed by atoms with E-state index in [0.717, 1.165) is 11.3 Å². The summed E-state index contributed by atoms with van der Waals surface area (Å²) in [5, 5.41) is 0. The van der Waals surface area contributed by atoms with Crippen LogP contribution in [0.4, 0.5) is 0 Å². The maximum Gasteiger partial charge on any atom is 0.0714 e. The highest BCUT2D eigenvalue weighted by Crippen LogP contribution is 2.31. The van der Waals surface area contributed by atoms with Gasteiger partial charge in [0.25, 0.3) is 0 Å². The molecule has 0 amide bonds. The number of pyridine rings is 1. The zero-order chi connectivity index (χ0) is 19.9. The normalized spacial score (nSPS) is 11.3. The van der Waals surface area contributed by atoms with E-state index in [1.54, 1.807) is 0 Å². The van der Waals surface area contributed by atoms with Crippen LogP contribution in [0.3, 0.4) is 0 Å². The Labute approximate surface area is 172 Å². The second kappa shape index (κ2) is 8.99. The lowest BCUT2D eigenvalue weighted by atomic mass is 9.93. The van der Waals surface area contributed by atoms with Crippen LogP contribution in [0.2, 0.25) is 0 Å². The van der Waals surface area contributed by atoms with Crippen LogP contribution in [0.15, 0.2) is 97.2 Å². The summed E-state index contributed by atoms with van der Waals surface area (Å²) in [5.41, 5.74) is 8.05. The maximum atomic E-state index is 4.64. The first-order valence-corrected chi connectivity index (χ1v) is 9.82. The minimum atomic E-state index is 0.980. The van der Waals surface area contributed by atoms with Crippen LogP contribution >= 0.6 is 0 Å². The van der Waals surface area contributed by atoms with E-state index in [4.69, 9.17) is 0 Å². The smallest absolute Gasteiger partial charge is 0.0714 e. The fraction of sp³-hybridized carbons (Fsp3) is 0.0357. The monoisotopic (exact) mass is 373 g/mol. The van der Waals surface area contributed by atoms with Gasteiger partial charge in [-0.25, -0.2) is 0 Å². The first-order chi connectivity index (χ1) is 14.3. The highest BCUT2D eigenvalue weighted by molar-refractivity contribution is 5.88. The fourth-order valence-corrected chi connectivity index (χ4v) is 3.41. The molecule has 0 radical (unpaired) electrons. The maximum absolute atomic E-state index is 4.64. The molecule has 1 heteroatoms. The van der Waals surface area contributed by atoms with Gasteiger partial charge in [-0.3, -0.25) is 4.98 Å². The Morgan fingerprint density at radius 1 is 0.586 bits per heavy atom. The molecule has 0 bridgehead atoms. The van der Waals surface area contributed by atoms with Crippen molar-refractivity contribution in [2.24, 2.45) is 0 Å². The number of nitrogens with zero attached hydrogens (tertiary/aromatic N) is 1. The third-order valence-electron chi connectivity index (χ3n) is 4.77. The largest absolute Gasteiger partial charge is 0.256 e. The molecule has 1 aromatic heterocycles. The van der Waals surface area contributed by atoms with Gasteiger partial charge in [-0.2, -0.15) is 0 Å². The summed E-state index contributed by atoms with van der Waals surface area (Å²) in [6, 6.07) is 31.3. The fourth-order valence-electron chi connectivity index (χ4n) is 3.41. The molecule has 0 fully saturated rings. The van der Waals surface area contributed by atoms with Gasteiger partial charge in [-0.1, -0.05) is 103 Å². The highest BCUT2D eigenvalue weighted by atomic mass is 14.7. The van der Waals surface area contributed by atoms with E-state index in [9.17, 15) is 0 Å². The Morgan fingerprint density at radius 3 is 1.59 bits per heavy atom. The van der Waals surface area contributed by atoms with Crippen molar-refractivity contribution in [3.8, 4) is 11.3 Å². The van der Waals surface area contributed by atoms with Gasteiger partial charge in [0.15, 0.2) is 0 Å². The molecule has 0 aliphatic heterocycles. The van der Waals surface area contributed by atoms with Crippen molar-refractivity contribution in [3.63, 3.8) is 0 Å². The summed E-state index contributed by atoms with van der Waals surface area (Å²) in [4.78, 5) is 4.64. The van der Waals surface area contributed by atoms with Gasteiger partial charge in [-0.15, -0.1) is 0 Å². The average Bonchev–Trinajstić information content (AvgIpc) is 2.78. The summed E-state index contributed by atoms with van der Waals surface area (Å²) < 4.78 is 0. The van der Waals surface area contributed by atoms with E-state index < -0.39 is 0 Å². The standard InChI is InChI=1S/C28H23N/c1-22-20-25(17-15-23-10-4-2-5-11-23)28(27-14-8-9-19-29-27)26(21-22)18-16-24-12-6-3-7-13-24/h2-21H,1H3/b17-15+,18-16+. The van der Waals surface area contributed by atoms with Crippen LogP contribution in [0, 0.1) is 6.92 Å². The van der Waals surface area contributed by atoms with Crippen LogP contribution in [-0.4, -0.2) is 4.98 Å². The zero-order valence-corrected chi connectivity index (χ0v) is 16.5. The molecule has 0 atom stereocenters. The van der Waals surface area contributed by atoms with Crippen LogP contribution in [0.5, 0.6) is 0 Å². The quantitative estimate of drug-likeness (QED) is 0.332. The molecule has 4 rings (SSSR count). The van der Waals surface area contributed by atoms with Crippen LogP contribution in [-0.2, 0) is 0 Å². The lowest BCUT2D eigenvalue weighted by molar-refractivity contribution is 1.31. The molecule has 140 valence electrons. The van der Waals surface area contributed by atoms with E-state index in [1.165, 1.54) is 27.8 Å². The van der Waals surface area contributed by atoms with Crippen molar-refractivity contribution in [1.82, 2.24) is 4.98 Å². The minimum absolute atomic E-state index is 0.980. The lowest BCUT2D eigenvalue weighted by Crippen LogP contribution is -1.92. The number of benzene rings is 3. The van der Waals surface area contributed by atoms with E-state index in [2.05, 4.69) is 103 Å². The van der Waals surface area contributed by atoms with Crippen molar-refractivity contribution in [2.75, 3.05) is 0 Å². The Balaban J connectivity index is 1.83. The molecule has 0 saturated heterocycles. The molecular formula is C28H23N. The van der Waals surface area contributed by atoms with Gasteiger partial charge in [-0.05, 0) is 46.9 Å². The summed E-state index contributed by atoms with van der Waals surface area (Å²) in [7, 11) is 0. The van der Waals surface area contributed by atoms with Gasteiger partial charge in [0.1, 0.15) is 0 Å². The van der Waals surface area contributed by atoms with Gasteiger partial charge in [0.05, 0.1) is 5.69 Å². The first kappa shape index (κ1) is 18.6. The van der Waals surface area contributed by atoms with E-state index in [0.29, 0.717) is 0 Å². The molecule has 4 aromatic rings. The number of hydrogen-bond acceptors (Lipinski definition) is 1. The highest BCUT2D eigenvalue weighted by Gasteiger charge is 2.10. The summed E-state index contributed by atoms with van der Waals surface area (Å²) in [5.74, 6) is 0. The summed E-state index contributed by atoms with van der Waals surface area (Å²) >= 11 is 0. The topological polar surface area (TPSA) is 12.9 Å². The molecule has 0 aliphatic rings. The number of rotatable bonds is 5. The number of aryl methyl sites for hydroxylation is 1. The number of aromatic nitrogens is 1. The van der Waals surface area contributed by atoms with Crippen LogP contribution in [0.25, 0.3) is 35.6 Å². The summed E-state index contributed by atoms with van der Waals surface area (Å²) in [6.45, 7) is 2.14. The molecule has 29 heavy (non-hydrogen) atoms. The molecule has 0 aliphatic carbocycles. The predicted molar refractivity (Wildman–Crippen MR) is 125 cm³/mol. The van der Waals surface area contributed by atoms with E-state index in [1.807, 2.05) is 30.5 Å². The molecule has 1 heterocycles. The van der Waals surface area contributed by atoms with Gasteiger partial charge >= 0.3 is 0 Å².